The van der Waals surface area contributed by atoms with Crippen LogP contribution in [0.5, 0.6) is 11.5 Å². The minimum atomic E-state index is -0.537. The number of hydrogen-bond acceptors (Lipinski definition) is 3. The molecule has 0 fully saturated rings. The van der Waals surface area contributed by atoms with Crippen molar-refractivity contribution in [2.75, 3.05) is 6.61 Å². The Labute approximate surface area is 133 Å². The second-order valence-electron chi connectivity index (χ2n) is 4.30. The molecule has 0 aliphatic carbocycles. The number of halogens is 2. The second kappa shape index (κ2) is 7.34. The molecule has 0 aromatic heterocycles. The minimum absolute atomic E-state index is 0.195. The Morgan fingerprint density at radius 1 is 1.10 bits per heavy atom. The molecule has 0 saturated carbocycles. The molecule has 0 aliphatic heterocycles. The van der Waals surface area contributed by atoms with Crippen LogP contribution in [0.1, 0.15) is 12.5 Å². The lowest BCUT2D eigenvalue weighted by Crippen LogP contribution is -2.18. The number of rotatable bonds is 5. The summed E-state index contributed by atoms with van der Waals surface area (Å²) in [5, 5.41) is 0.765. The fourth-order valence-electron chi connectivity index (χ4n) is 1.78. The van der Waals surface area contributed by atoms with Crippen molar-refractivity contribution in [2.24, 2.45) is 0 Å². The summed E-state index contributed by atoms with van der Waals surface area (Å²) in [5.74, 6) is 0.362. The van der Waals surface area contributed by atoms with E-state index < -0.39 is 5.97 Å². The highest BCUT2D eigenvalue weighted by molar-refractivity contribution is 6.34. The SMILES string of the molecule is CCc1ccccc1OCC(=O)Oc1cc(Cl)ccc1Cl. The molecule has 0 aliphatic rings. The number of ether oxygens (including phenoxy) is 2. The van der Waals surface area contributed by atoms with E-state index in [4.69, 9.17) is 32.7 Å². The lowest BCUT2D eigenvalue weighted by atomic mass is 10.1. The van der Waals surface area contributed by atoms with Gasteiger partial charge in [-0.1, -0.05) is 48.3 Å². The molecule has 0 N–H and O–H groups in total. The average molecular weight is 325 g/mol. The first-order chi connectivity index (χ1) is 10.1. The fraction of sp³-hybridized carbons (Fsp3) is 0.188. The molecular formula is C16H14Cl2O3. The standard InChI is InChI=1S/C16H14Cl2O3/c1-2-11-5-3-4-6-14(11)20-10-16(19)21-15-9-12(17)7-8-13(15)18/h3-9H,2,10H2,1H3. The van der Waals surface area contributed by atoms with Crippen LogP contribution in [0.4, 0.5) is 0 Å². The van der Waals surface area contributed by atoms with Crippen molar-refractivity contribution in [1.29, 1.82) is 0 Å². The molecule has 0 spiro atoms. The third-order valence-electron chi connectivity index (χ3n) is 2.82. The third-order valence-corrected chi connectivity index (χ3v) is 3.36. The first kappa shape index (κ1) is 15.7. The molecule has 5 heteroatoms. The van der Waals surface area contributed by atoms with Crippen LogP contribution in [-0.4, -0.2) is 12.6 Å². The Bertz CT molecular complexity index is 641. The highest BCUT2D eigenvalue weighted by Gasteiger charge is 2.11. The van der Waals surface area contributed by atoms with Crippen LogP contribution in [0.3, 0.4) is 0 Å². The van der Waals surface area contributed by atoms with Crippen molar-refractivity contribution in [3.63, 3.8) is 0 Å². The maximum Gasteiger partial charge on any atom is 0.349 e. The third kappa shape index (κ3) is 4.38. The van der Waals surface area contributed by atoms with Gasteiger partial charge in [0.2, 0.25) is 0 Å². The summed E-state index contributed by atoms with van der Waals surface area (Å²) in [6, 6.07) is 12.2. The van der Waals surface area contributed by atoms with Gasteiger partial charge >= 0.3 is 5.97 Å². The van der Waals surface area contributed by atoms with Crippen LogP contribution in [0.15, 0.2) is 42.5 Å². The molecule has 0 radical (unpaired) electrons. The van der Waals surface area contributed by atoms with Crippen molar-refractivity contribution >= 4 is 29.2 Å². The summed E-state index contributed by atoms with van der Waals surface area (Å²) in [4.78, 5) is 11.8. The highest BCUT2D eigenvalue weighted by atomic mass is 35.5. The van der Waals surface area contributed by atoms with Gasteiger partial charge < -0.3 is 9.47 Å². The van der Waals surface area contributed by atoms with E-state index in [9.17, 15) is 4.79 Å². The first-order valence-corrected chi connectivity index (χ1v) is 7.22. The summed E-state index contributed by atoms with van der Waals surface area (Å²) < 4.78 is 10.6. The van der Waals surface area contributed by atoms with Gasteiger partial charge in [-0.05, 0) is 30.2 Å². The Morgan fingerprint density at radius 2 is 1.86 bits per heavy atom. The molecule has 0 amide bonds. The van der Waals surface area contributed by atoms with E-state index in [0.29, 0.717) is 15.8 Å². The number of benzene rings is 2. The van der Waals surface area contributed by atoms with Gasteiger partial charge in [-0.3, -0.25) is 0 Å². The molecule has 2 aromatic carbocycles. The molecule has 2 rings (SSSR count). The van der Waals surface area contributed by atoms with E-state index in [1.54, 1.807) is 12.1 Å². The van der Waals surface area contributed by atoms with E-state index in [-0.39, 0.29) is 12.4 Å². The topological polar surface area (TPSA) is 35.5 Å². The zero-order valence-corrected chi connectivity index (χ0v) is 12.9. The van der Waals surface area contributed by atoms with Crippen LogP contribution < -0.4 is 9.47 Å². The number of para-hydroxylation sites is 1. The second-order valence-corrected chi connectivity index (χ2v) is 5.14. The van der Waals surface area contributed by atoms with Gasteiger partial charge in [0.1, 0.15) is 5.75 Å². The van der Waals surface area contributed by atoms with Crippen molar-refractivity contribution in [1.82, 2.24) is 0 Å². The lowest BCUT2D eigenvalue weighted by molar-refractivity contribution is -0.136. The first-order valence-electron chi connectivity index (χ1n) is 6.46. The van der Waals surface area contributed by atoms with Crippen LogP contribution in [0.2, 0.25) is 10.0 Å². The molecule has 0 heterocycles. The molecule has 3 nitrogen and oxygen atoms in total. The van der Waals surface area contributed by atoms with Gasteiger partial charge in [0.05, 0.1) is 5.02 Å². The number of carbonyl (C=O) groups excluding carboxylic acids is 1. The number of hydrogen-bond donors (Lipinski definition) is 0. The molecule has 0 atom stereocenters. The van der Waals surface area contributed by atoms with Gasteiger partial charge in [0, 0.05) is 11.1 Å². The summed E-state index contributed by atoms with van der Waals surface area (Å²) in [6.45, 7) is 1.83. The van der Waals surface area contributed by atoms with Crippen molar-refractivity contribution < 1.29 is 14.3 Å². The number of carbonyl (C=O) groups is 1. The summed E-state index contributed by atoms with van der Waals surface area (Å²) >= 11 is 11.8. The van der Waals surface area contributed by atoms with Crippen LogP contribution in [-0.2, 0) is 11.2 Å². The van der Waals surface area contributed by atoms with Gasteiger partial charge in [-0.2, -0.15) is 0 Å². The predicted octanol–water partition coefficient (Wildman–Crippen LogP) is 4.54. The quantitative estimate of drug-likeness (QED) is 0.598. The normalized spacial score (nSPS) is 10.2. The monoisotopic (exact) mass is 324 g/mol. The van der Waals surface area contributed by atoms with E-state index in [1.807, 2.05) is 31.2 Å². The van der Waals surface area contributed by atoms with E-state index in [2.05, 4.69) is 0 Å². The van der Waals surface area contributed by atoms with Gasteiger partial charge in [0.15, 0.2) is 12.4 Å². The lowest BCUT2D eigenvalue weighted by Gasteiger charge is -2.10. The van der Waals surface area contributed by atoms with Crippen LogP contribution >= 0.6 is 23.2 Å². The molecule has 0 bridgehead atoms. The molecule has 2 aromatic rings. The summed E-state index contributed by atoms with van der Waals surface area (Å²) in [7, 11) is 0. The molecular weight excluding hydrogens is 311 g/mol. The highest BCUT2D eigenvalue weighted by Crippen LogP contribution is 2.27. The largest absolute Gasteiger partial charge is 0.482 e. The van der Waals surface area contributed by atoms with Crippen molar-refractivity contribution in [3.8, 4) is 11.5 Å². The zero-order chi connectivity index (χ0) is 15.2. The smallest absolute Gasteiger partial charge is 0.349 e. The van der Waals surface area contributed by atoms with Crippen molar-refractivity contribution in [3.05, 3.63) is 58.1 Å². The number of esters is 1. The zero-order valence-electron chi connectivity index (χ0n) is 11.4. The van der Waals surface area contributed by atoms with E-state index >= 15 is 0 Å². The van der Waals surface area contributed by atoms with Gasteiger partial charge in [-0.25, -0.2) is 4.79 Å². The molecule has 0 unspecified atom stereocenters. The predicted molar refractivity (Wildman–Crippen MR) is 83.4 cm³/mol. The Kier molecular flexibility index (Phi) is 5.48. The van der Waals surface area contributed by atoms with Crippen LogP contribution in [0, 0.1) is 0 Å². The number of aryl methyl sites for hydroxylation is 1. The maximum absolute atomic E-state index is 11.8. The summed E-state index contributed by atoms with van der Waals surface area (Å²) in [5.41, 5.74) is 1.03. The minimum Gasteiger partial charge on any atom is -0.482 e. The van der Waals surface area contributed by atoms with E-state index in [1.165, 1.54) is 6.07 Å². The Balaban J connectivity index is 1.97. The summed E-state index contributed by atoms with van der Waals surface area (Å²) in [6.07, 6.45) is 0.825. The average Bonchev–Trinajstić information content (AvgIpc) is 2.49. The Hall–Kier alpha value is -1.71. The van der Waals surface area contributed by atoms with Crippen LogP contribution in [0.25, 0.3) is 0 Å². The van der Waals surface area contributed by atoms with E-state index in [0.717, 1.165) is 12.0 Å². The fourth-order valence-corrected chi connectivity index (χ4v) is 2.10. The maximum atomic E-state index is 11.8. The van der Waals surface area contributed by atoms with Crippen molar-refractivity contribution in [2.45, 2.75) is 13.3 Å². The van der Waals surface area contributed by atoms with Gasteiger partial charge in [0.25, 0.3) is 0 Å². The Morgan fingerprint density at radius 3 is 2.62 bits per heavy atom. The van der Waals surface area contributed by atoms with Gasteiger partial charge in [-0.15, -0.1) is 0 Å². The molecule has 21 heavy (non-hydrogen) atoms. The molecule has 110 valence electrons. The molecule has 0 saturated heterocycles.